The van der Waals surface area contributed by atoms with Gasteiger partial charge in [0.25, 0.3) is 0 Å². The lowest BCUT2D eigenvalue weighted by molar-refractivity contribution is 0.104. The fourth-order valence-electron chi connectivity index (χ4n) is 2.59. The third kappa shape index (κ3) is 4.83. The van der Waals surface area contributed by atoms with Gasteiger partial charge in [0.05, 0.1) is 11.8 Å². The maximum atomic E-state index is 12.0. The predicted octanol–water partition coefficient (Wildman–Crippen LogP) is 3.57. The Morgan fingerprint density at radius 2 is 2.08 bits per heavy atom. The van der Waals surface area contributed by atoms with E-state index in [1.165, 1.54) is 0 Å². The summed E-state index contributed by atoms with van der Waals surface area (Å²) in [5, 5.41) is 15.5. The van der Waals surface area contributed by atoms with Gasteiger partial charge in [0.2, 0.25) is 5.89 Å². The van der Waals surface area contributed by atoms with Gasteiger partial charge in [-0.15, -0.1) is 0 Å². The number of aliphatic hydroxyl groups is 1. The summed E-state index contributed by atoms with van der Waals surface area (Å²) in [6, 6.07) is 6.92. The number of aromatic nitrogens is 1. The van der Waals surface area contributed by atoms with Crippen LogP contribution in [0, 0.1) is 12.8 Å². The van der Waals surface area contributed by atoms with Crippen LogP contribution in [0.25, 0.3) is 11.5 Å². The molecular weight excluding hydrogens is 306 g/mol. The number of oxazole rings is 1. The number of hydrogen-bond donors (Lipinski definition) is 3. The zero-order valence-electron chi connectivity index (χ0n) is 14.4. The lowest BCUT2D eigenvalue weighted by Gasteiger charge is -2.20. The summed E-state index contributed by atoms with van der Waals surface area (Å²) in [6.45, 7) is 6.16. The number of aryl methyl sites for hydroxylation is 1. The molecular formula is C18H25N3O3. The minimum Gasteiger partial charge on any atom is -0.444 e. The summed E-state index contributed by atoms with van der Waals surface area (Å²) in [5.41, 5.74) is 2.23. The monoisotopic (exact) mass is 331 g/mol. The van der Waals surface area contributed by atoms with Crippen molar-refractivity contribution >= 4 is 11.7 Å². The molecule has 2 aromatic rings. The quantitative estimate of drug-likeness (QED) is 0.724. The number of aliphatic hydroxyl groups excluding tert-OH is 1. The van der Waals surface area contributed by atoms with Crippen LogP contribution in [0.2, 0.25) is 0 Å². The van der Waals surface area contributed by atoms with E-state index in [0.29, 0.717) is 11.6 Å². The van der Waals surface area contributed by atoms with Crippen LogP contribution in [0.5, 0.6) is 0 Å². The van der Waals surface area contributed by atoms with Crippen molar-refractivity contribution in [3.63, 3.8) is 0 Å². The van der Waals surface area contributed by atoms with Gasteiger partial charge in [-0.25, -0.2) is 9.78 Å². The molecule has 6 nitrogen and oxygen atoms in total. The number of rotatable bonds is 7. The van der Waals surface area contributed by atoms with Crippen LogP contribution in [0.4, 0.5) is 10.5 Å². The van der Waals surface area contributed by atoms with Crippen LogP contribution < -0.4 is 10.6 Å². The molecule has 24 heavy (non-hydrogen) atoms. The van der Waals surface area contributed by atoms with Crippen molar-refractivity contribution in [2.75, 3.05) is 11.9 Å². The van der Waals surface area contributed by atoms with Crippen molar-refractivity contribution in [1.82, 2.24) is 10.3 Å². The first-order valence-electron chi connectivity index (χ1n) is 8.29. The molecule has 0 fully saturated rings. The number of amides is 2. The van der Waals surface area contributed by atoms with Gasteiger partial charge >= 0.3 is 6.03 Å². The molecule has 1 aromatic heterocycles. The van der Waals surface area contributed by atoms with Gasteiger partial charge in [-0.05, 0) is 31.0 Å². The highest BCUT2D eigenvalue weighted by atomic mass is 16.3. The molecule has 0 saturated carbocycles. The molecule has 0 aliphatic heterocycles. The van der Waals surface area contributed by atoms with Crippen LogP contribution in [0.15, 0.2) is 34.9 Å². The molecule has 0 aliphatic carbocycles. The van der Waals surface area contributed by atoms with E-state index in [1.807, 2.05) is 32.9 Å². The molecule has 0 bridgehead atoms. The average molecular weight is 331 g/mol. The highest BCUT2D eigenvalue weighted by Crippen LogP contribution is 2.22. The SMILES string of the molecule is CCC(CC)C(O)CNC(=O)Nc1cccc(-c2nc(C)co2)c1. The Kier molecular flexibility index (Phi) is 6.37. The number of benzene rings is 1. The van der Waals surface area contributed by atoms with E-state index in [0.717, 1.165) is 24.1 Å². The molecule has 1 unspecified atom stereocenters. The Bertz CT molecular complexity index is 665. The molecule has 0 radical (unpaired) electrons. The summed E-state index contributed by atoms with van der Waals surface area (Å²) >= 11 is 0. The maximum absolute atomic E-state index is 12.0. The fraction of sp³-hybridized carbons (Fsp3) is 0.444. The highest BCUT2D eigenvalue weighted by Gasteiger charge is 2.16. The molecule has 1 aromatic carbocycles. The summed E-state index contributed by atoms with van der Waals surface area (Å²) in [7, 11) is 0. The second-order valence-corrected chi connectivity index (χ2v) is 5.85. The molecule has 0 saturated heterocycles. The lowest BCUT2D eigenvalue weighted by Crippen LogP contribution is -2.38. The molecule has 3 N–H and O–H groups in total. The number of hydrogen-bond acceptors (Lipinski definition) is 4. The Morgan fingerprint density at radius 1 is 1.33 bits per heavy atom. The lowest BCUT2D eigenvalue weighted by atomic mass is 9.97. The second-order valence-electron chi connectivity index (χ2n) is 5.85. The van der Waals surface area contributed by atoms with Crippen LogP contribution in [-0.4, -0.2) is 28.8 Å². The second kappa shape index (κ2) is 8.49. The summed E-state index contributed by atoms with van der Waals surface area (Å²) in [6.07, 6.45) is 2.82. The normalized spacial score (nSPS) is 12.2. The van der Waals surface area contributed by atoms with E-state index in [-0.39, 0.29) is 18.5 Å². The first kappa shape index (κ1) is 18.0. The van der Waals surface area contributed by atoms with Crippen molar-refractivity contribution in [2.24, 2.45) is 5.92 Å². The van der Waals surface area contributed by atoms with Gasteiger partial charge in [-0.2, -0.15) is 0 Å². The summed E-state index contributed by atoms with van der Waals surface area (Å²) < 4.78 is 5.37. The van der Waals surface area contributed by atoms with Crippen molar-refractivity contribution in [3.8, 4) is 11.5 Å². The molecule has 0 spiro atoms. The van der Waals surface area contributed by atoms with Crippen molar-refractivity contribution in [3.05, 3.63) is 36.2 Å². The van der Waals surface area contributed by atoms with Gasteiger partial charge < -0.3 is 20.2 Å². The molecule has 1 heterocycles. The number of nitrogens with zero attached hydrogens (tertiary/aromatic N) is 1. The van der Waals surface area contributed by atoms with E-state index < -0.39 is 6.10 Å². The fourth-order valence-corrected chi connectivity index (χ4v) is 2.59. The van der Waals surface area contributed by atoms with Crippen molar-refractivity contribution in [1.29, 1.82) is 0 Å². The summed E-state index contributed by atoms with van der Waals surface area (Å²) in [4.78, 5) is 16.3. The molecule has 6 heteroatoms. The van der Waals surface area contributed by atoms with E-state index in [2.05, 4.69) is 15.6 Å². The van der Waals surface area contributed by atoms with Gasteiger partial charge in [0.15, 0.2) is 0 Å². The van der Waals surface area contributed by atoms with Gasteiger partial charge in [-0.1, -0.05) is 32.8 Å². The predicted molar refractivity (Wildman–Crippen MR) is 93.8 cm³/mol. The first-order chi connectivity index (χ1) is 11.5. The Labute approximate surface area is 142 Å². The smallest absolute Gasteiger partial charge is 0.319 e. The third-order valence-electron chi connectivity index (χ3n) is 4.05. The van der Waals surface area contributed by atoms with Gasteiger partial charge in [0, 0.05) is 17.8 Å². The van der Waals surface area contributed by atoms with Crippen molar-refractivity contribution < 1.29 is 14.3 Å². The standard InChI is InChI=1S/C18H25N3O3/c1-4-13(5-2)16(22)10-19-18(23)21-15-8-6-7-14(9-15)17-20-12(3)11-24-17/h6-9,11,13,16,22H,4-5,10H2,1-3H3,(H2,19,21,23). The van der Waals surface area contributed by atoms with Crippen LogP contribution in [-0.2, 0) is 0 Å². The minimum absolute atomic E-state index is 0.196. The Morgan fingerprint density at radius 3 is 2.71 bits per heavy atom. The first-order valence-corrected chi connectivity index (χ1v) is 8.29. The van der Waals surface area contributed by atoms with E-state index in [1.54, 1.807) is 18.4 Å². The molecule has 2 amide bonds. The highest BCUT2D eigenvalue weighted by molar-refractivity contribution is 5.89. The summed E-state index contributed by atoms with van der Waals surface area (Å²) in [5.74, 6) is 0.711. The minimum atomic E-state index is -0.535. The zero-order valence-corrected chi connectivity index (χ0v) is 14.4. The number of nitrogens with one attached hydrogen (secondary N) is 2. The zero-order chi connectivity index (χ0) is 17.5. The molecule has 130 valence electrons. The molecule has 0 aliphatic rings. The molecule has 2 rings (SSSR count). The van der Waals surface area contributed by atoms with Crippen molar-refractivity contribution in [2.45, 2.75) is 39.7 Å². The van der Waals surface area contributed by atoms with E-state index >= 15 is 0 Å². The number of urea groups is 1. The van der Waals surface area contributed by atoms with Gasteiger partial charge in [-0.3, -0.25) is 0 Å². The number of carbonyl (C=O) groups is 1. The Hall–Kier alpha value is -2.34. The number of anilines is 1. The van der Waals surface area contributed by atoms with Gasteiger partial charge in [0.1, 0.15) is 6.26 Å². The van der Waals surface area contributed by atoms with E-state index in [4.69, 9.17) is 4.42 Å². The van der Waals surface area contributed by atoms with Crippen LogP contribution >= 0.6 is 0 Å². The average Bonchev–Trinajstić information content (AvgIpc) is 3.01. The largest absolute Gasteiger partial charge is 0.444 e. The van der Waals surface area contributed by atoms with Crippen LogP contribution in [0.3, 0.4) is 0 Å². The number of carbonyl (C=O) groups excluding carboxylic acids is 1. The Balaban J connectivity index is 1.92. The van der Waals surface area contributed by atoms with E-state index in [9.17, 15) is 9.90 Å². The molecule has 1 atom stereocenters. The maximum Gasteiger partial charge on any atom is 0.319 e. The topological polar surface area (TPSA) is 87.4 Å². The van der Waals surface area contributed by atoms with Crippen LogP contribution in [0.1, 0.15) is 32.4 Å². The third-order valence-corrected chi connectivity index (χ3v) is 4.05.